The van der Waals surface area contributed by atoms with Crippen molar-refractivity contribution in [3.63, 3.8) is 0 Å². The van der Waals surface area contributed by atoms with Crippen LogP contribution in [0.4, 0.5) is 0 Å². The lowest BCUT2D eigenvalue weighted by Gasteiger charge is -2.18. The molecule has 0 aromatic rings. The molecule has 0 saturated heterocycles. The normalized spacial score (nSPS) is 18.6. The molecule has 3 heteroatoms. The Labute approximate surface area is 96.6 Å². The van der Waals surface area contributed by atoms with Crippen LogP contribution in [0.3, 0.4) is 0 Å². The Morgan fingerprint density at radius 2 is 1.94 bits per heavy atom. The van der Waals surface area contributed by atoms with Crippen LogP contribution in [-0.2, 0) is 0 Å². The van der Waals surface area contributed by atoms with Crippen molar-refractivity contribution in [2.75, 3.05) is 6.54 Å². The van der Waals surface area contributed by atoms with Crippen molar-refractivity contribution in [3.05, 3.63) is 47.6 Å². The lowest BCUT2D eigenvalue weighted by Crippen LogP contribution is -2.13. The van der Waals surface area contributed by atoms with Gasteiger partial charge in [-0.25, -0.2) is 0 Å². The zero-order valence-electron chi connectivity index (χ0n) is 9.85. The topological polar surface area (TPSA) is 28.0 Å². The third-order valence-corrected chi connectivity index (χ3v) is 2.62. The van der Waals surface area contributed by atoms with Crippen molar-refractivity contribution in [1.29, 1.82) is 0 Å². The fraction of sp³-hybridized carbons (Fsp3) is 0.385. The molecule has 3 nitrogen and oxygen atoms in total. The van der Waals surface area contributed by atoms with Gasteiger partial charge in [0.25, 0.3) is 0 Å². The molecule has 0 aliphatic carbocycles. The lowest BCUT2D eigenvalue weighted by atomic mass is 10.1. The van der Waals surface area contributed by atoms with Gasteiger partial charge >= 0.3 is 0 Å². The highest BCUT2D eigenvalue weighted by atomic mass is 15.1. The third-order valence-electron chi connectivity index (χ3n) is 2.62. The summed E-state index contributed by atoms with van der Waals surface area (Å²) in [6.45, 7) is 5.25. The molecule has 0 bridgehead atoms. The Bertz CT molecular complexity index is 395. The van der Waals surface area contributed by atoms with Gasteiger partial charge in [0, 0.05) is 24.5 Å². The van der Waals surface area contributed by atoms with Gasteiger partial charge in [-0.1, -0.05) is 13.3 Å². The number of unbranched alkanes of at least 4 members (excludes halogenated alkanes) is 1. The molecule has 0 N–H and O–H groups in total. The van der Waals surface area contributed by atoms with E-state index in [1.54, 1.807) is 0 Å². The molecule has 0 unspecified atom stereocenters. The van der Waals surface area contributed by atoms with E-state index in [-0.39, 0.29) is 0 Å². The Kier molecular flexibility index (Phi) is 3.34. The van der Waals surface area contributed by atoms with Gasteiger partial charge < -0.3 is 4.90 Å². The van der Waals surface area contributed by atoms with Crippen molar-refractivity contribution >= 4 is 0 Å². The molecule has 0 radical (unpaired) electrons. The van der Waals surface area contributed by atoms with Gasteiger partial charge in [-0.15, -0.1) is 0 Å². The van der Waals surface area contributed by atoms with Crippen molar-refractivity contribution in [3.8, 4) is 0 Å². The molecule has 0 aromatic heterocycles. The van der Waals surface area contributed by atoms with E-state index in [1.807, 2.05) is 13.0 Å². The summed E-state index contributed by atoms with van der Waals surface area (Å²) in [7, 11) is 0. The fourth-order valence-electron chi connectivity index (χ4n) is 1.65. The van der Waals surface area contributed by atoms with Crippen LogP contribution in [0.1, 0.15) is 26.7 Å². The van der Waals surface area contributed by atoms with Crippen molar-refractivity contribution in [2.24, 2.45) is 10.2 Å². The Morgan fingerprint density at radius 1 is 1.19 bits per heavy atom. The fourth-order valence-corrected chi connectivity index (χ4v) is 1.65. The summed E-state index contributed by atoms with van der Waals surface area (Å²) in [6.07, 6.45) is 12.9. The third kappa shape index (κ3) is 2.48. The monoisotopic (exact) mass is 215 g/mol. The van der Waals surface area contributed by atoms with Crippen molar-refractivity contribution < 1.29 is 0 Å². The first-order chi connectivity index (χ1) is 7.79. The highest BCUT2D eigenvalue weighted by Crippen LogP contribution is 2.22. The first kappa shape index (κ1) is 10.9. The van der Waals surface area contributed by atoms with E-state index in [0.717, 1.165) is 23.5 Å². The molecule has 16 heavy (non-hydrogen) atoms. The van der Waals surface area contributed by atoms with Crippen LogP contribution in [0.15, 0.2) is 57.8 Å². The molecule has 2 rings (SSSR count). The molecule has 2 heterocycles. The number of rotatable bonds is 3. The highest BCUT2D eigenvalue weighted by molar-refractivity contribution is 5.44. The zero-order valence-corrected chi connectivity index (χ0v) is 9.85. The average Bonchev–Trinajstić information content (AvgIpc) is 2.74. The molecule has 0 fully saturated rings. The van der Waals surface area contributed by atoms with Crippen LogP contribution in [-0.4, -0.2) is 11.4 Å². The van der Waals surface area contributed by atoms with Gasteiger partial charge in [0.15, 0.2) is 0 Å². The van der Waals surface area contributed by atoms with E-state index in [2.05, 4.69) is 46.6 Å². The zero-order chi connectivity index (χ0) is 11.4. The van der Waals surface area contributed by atoms with Crippen molar-refractivity contribution in [1.82, 2.24) is 4.90 Å². The second-order valence-corrected chi connectivity index (χ2v) is 4.05. The molecule has 84 valence electrons. The largest absolute Gasteiger partial charge is 0.354 e. The van der Waals surface area contributed by atoms with Gasteiger partial charge in [0.2, 0.25) is 0 Å². The van der Waals surface area contributed by atoms with Gasteiger partial charge in [0.1, 0.15) is 0 Å². The minimum absolute atomic E-state index is 0.958. The first-order valence-electron chi connectivity index (χ1n) is 5.76. The van der Waals surface area contributed by atoms with Crippen LogP contribution >= 0.6 is 0 Å². The minimum Gasteiger partial charge on any atom is -0.354 e. The minimum atomic E-state index is 0.958. The molecule has 2 aliphatic heterocycles. The molecular weight excluding hydrogens is 198 g/mol. The summed E-state index contributed by atoms with van der Waals surface area (Å²) in [4.78, 5) is 2.20. The van der Waals surface area contributed by atoms with E-state index in [1.165, 1.54) is 12.8 Å². The predicted molar refractivity (Wildman–Crippen MR) is 65.5 cm³/mol. The summed E-state index contributed by atoms with van der Waals surface area (Å²) in [6, 6.07) is 0. The maximum atomic E-state index is 4.12. The average molecular weight is 215 g/mol. The molecule has 0 amide bonds. The molecule has 0 atom stereocenters. The molecule has 0 spiro atoms. The second kappa shape index (κ2) is 4.92. The van der Waals surface area contributed by atoms with Crippen LogP contribution in [0.25, 0.3) is 0 Å². The summed E-state index contributed by atoms with van der Waals surface area (Å²) < 4.78 is 0. The molecule has 2 aliphatic rings. The summed E-state index contributed by atoms with van der Waals surface area (Å²) in [5, 5.41) is 8.13. The lowest BCUT2D eigenvalue weighted by molar-refractivity contribution is 0.481. The number of nitrogens with zero attached hydrogens (tertiary/aromatic N) is 3. The van der Waals surface area contributed by atoms with E-state index in [9.17, 15) is 0 Å². The first-order valence-corrected chi connectivity index (χ1v) is 5.76. The van der Waals surface area contributed by atoms with E-state index < -0.39 is 0 Å². The Hall–Kier alpha value is -1.64. The Morgan fingerprint density at radius 3 is 2.50 bits per heavy atom. The number of allylic oxidation sites excluding steroid dienone is 5. The quantitative estimate of drug-likeness (QED) is 0.704. The van der Waals surface area contributed by atoms with E-state index in [0.29, 0.717) is 0 Å². The predicted octanol–water partition coefficient (Wildman–Crippen LogP) is 3.75. The summed E-state index contributed by atoms with van der Waals surface area (Å²) in [5.74, 6) is 0. The van der Waals surface area contributed by atoms with Gasteiger partial charge in [-0.3, -0.25) is 0 Å². The number of hydrogen-bond donors (Lipinski definition) is 0. The SMILES string of the molecule is CCCCN1C=CC(=C2C=C(C)N=N2)C=C1. The number of hydrogen-bond acceptors (Lipinski definition) is 3. The van der Waals surface area contributed by atoms with Gasteiger partial charge in [-0.2, -0.15) is 10.2 Å². The maximum absolute atomic E-state index is 4.12. The van der Waals surface area contributed by atoms with Crippen molar-refractivity contribution in [2.45, 2.75) is 26.7 Å². The second-order valence-electron chi connectivity index (χ2n) is 4.05. The number of azo groups is 1. The van der Waals surface area contributed by atoms with Gasteiger partial charge in [-0.05, 0) is 31.6 Å². The van der Waals surface area contributed by atoms with Gasteiger partial charge in [0.05, 0.1) is 11.4 Å². The van der Waals surface area contributed by atoms with E-state index >= 15 is 0 Å². The highest BCUT2D eigenvalue weighted by Gasteiger charge is 2.07. The van der Waals surface area contributed by atoms with E-state index in [4.69, 9.17) is 0 Å². The van der Waals surface area contributed by atoms with Crippen LogP contribution in [0.5, 0.6) is 0 Å². The maximum Gasteiger partial charge on any atom is 0.0948 e. The van der Waals surface area contributed by atoms with Crippen LogP contribution in [0.2, 0.25) is 0 Å². The summed E-state index contributed by atoms with van der Waals surface area (Å²) >= 11 is 0. The smallest absolute Gasteiger partial charge is 0.0948 e. The van der Waals surface area contributed by atoms with Crippen LogP contribution < -0.4 is 0 Å². The summed E-state index contributed by atoms with van der Waals surface area (Å²) in [5.41, 5.74) is 3.06. The van der Waals surface area contributed by atoms with Crippen LogP contribution in [0, 0.1) is 0 Å². The molecule has 0 aromatic carbocycles. The standard InChI is InChI=1S/C13H17N3/c1-3-4-7-16-8-5-12(6-9-16)13-10-11(2)14-15-13/h5-6,8-10H,3-4,7H2,1-2H3. The molecule has 0 saturated carbocycles. The molecular formula is C13H17N3. The Balaban J connectivity index is 2.04.